The smallest absolute Gasteiger partial charge is 0.0758 e. The molecule has 0 aliphatic carbocycles. The van der Waals surface area contributed by atoms with E-state index in [0.29, 0.717) is 17.9 Å². The summed E-state index contributed by atoms with van der Waals surface area (Å²) in [5.74, 6) is 1.25. The van der Waals surface area contributed by atoms with Gasteiger partial charge in [0.05, 0.1) is 12.6 Å². The lowest BCUT2D eigenvalue weighted by Crippen LogP contribution is -2.30. The van der Waals surface area contributed by atoms with Crippen LogP contribution in [0, 0.1) is 11.8 Å². The van der Waals surface area contributed by atoms with Gasteiger partial charge in [-0.05, 0) is 25.2 Å². The average Bonchev–Trinajstić information content (AvgIpc) is 2.08. The number of nitrogens with zero attached hydrogens (tertiary/aromatic N) is 1. The predicted octanol–water partition coefficient (Wildman–Crippen LogP) is 2.53. The van der Waals surface area contributed by atoms with Gasteiger partial charge in [-0.2, -0.15) is 0 Å². The standard InChI is InChI=1S/C11H21NO/c1-8(2)10(4)12-11-7-13-6-5-9(11)3/h8-9,11H,5-7H2,1-4H3. The highest BCUT2D eigenvalue weighted by molar-refractivity contribution is 5.83. The van der Waals surface area contributed by atoms with Gasteiger partial charge in [-0.25, -0.2) is 0 Å². The van der Waals surface area contributed by atoms with E-state index in [0.717, 1.165) is 19.6 Å². The average molecular weight is 183 g/mol. The van der Waals surface area contributed by atoms with Crippen molar-refractivity contribution in [1.82, 2.24) is 0 Å². The molecule has 1 aliphatic heterocycles. The lowest BCUT2D eigenvalue weighted by atomic mass is 9.97. The minimum Gasteiger partial charge on any atom is -0.379 e. The third-order valence-electron chi connectivity index (χ3n) is 2.87. The Kier molecular flexibility index (Phi) is 3.91. The Labute approximate surface area is 81.4 Å². The molecule has 76 valence electrons. The van der Waals surface area contributed by atoms with Gasteiger partial charge < -0.3 is 4.74 Å². The molecule has 1 aliphatic rings. The first-order valence-corrected chi connectivity index (χ1v) is 5.23. The molecule has 0 radical (unpaired) electrons. The maximum atomic E-state index is 5.43. The quantitative estimate of drug-likeness (QED) is 0.603. The van der Waals surface area contributed by atoms with Crippen molar-refractivity contribution in [2.24, 2.45) is 16.8 Å². The second-order valence-electron chi connectivity index (χ2n) is 4.33. The molecule has 2 atom stereocenters. The van der Waals surface area contributed by atoms with E-state index in [1.54, 1.807) is 0 Å². The molecule has 2 heteroatoms. The van der Waals surface area contributed by atoms with Crippen LogP contribution in [0.15, 0.2) is 4.99 Å². The number of rotatable bonds is 2. The van der Waals surface area contributed by atoms with E-state index in [4.69, 9.17) is 9.73 Å². The molecule has 1 saturated heterocycles. The fourth-order valence-corrected chi connectivity index (χ4v) is 1.41. The second-order valence-corrected chi connectivity index (χ2v) is 4.33. The first-order chi connectivity index (χ1) is 6.11. The van der Waals surface area contributed by atoms with E-state index in [9.17, 15) is 0 Å². The minimum atomic E-state index is 0.399. The van der Waals surface area contributed by atoms with E-state index in [1.807, 2.05) is 0 Å². The van der Waals surface area contributed by atoms with Crippen LogP contribution in [0.2, 0.25) is 0 Å². The molecule has 2 nitrogen and oxygen atoms in total. The Balaban J connectivity index is 2.55. The van der Waals surface area contributed by atoms with E-state index in [-0.39, 0.29) is 0 Å². The SMILES string of the molecule is CC(=NC1COCCC1C)C(C)C. The normalized spacial score (nSPS) is 31.0. The van der Waals surface area contributed by atoms with Gasteiger partial charge in [0, 0.05) is 12.3 Å². The van der Waals surface area contributed by atoms with Crippen LogP contribution in [0.5, 0.6) is 0 Å². The van der Waals surface area contributed by atoms with Crippen LogP contribution in [-0.4, -0.2) is 25.0 Å². The molecule has 1 fully saturated rings. The molecule has 0 bridgehead atoms. The first-order valence-electron chi connectivity index (χ1n) is 5.23. The highest BCUT2D eigenvalue weighted by Gasteiger charge is 2.21. The zero-order valence-electron chi connectivity index (χ0n) is 9.21. The van der Waals surface area contributed by atoms with Crippen molar-refractivity contribution in [3.8, 4) is 0 Å². The zero-order chi connectivity index (χ0) is 9.84. The third-order valence-corrected chi connectivity index (χ3v) is 2.87. The zero-order valence-corrected chi connectivity index (χ0v) is 9.21. The van der Waals surface area contributed by atoms with Gasteiger partial charge in [0.2, 0.25) is 0 Å². The maximum Gasteiger partial charge on any atom is 0.0758 e. The van der Waals surface area contributed by atoms with Crippen LogP contribution in [-0.2, 0) is 4.74 Å². The Morgan fingerprint density at radius 3 is 2.69 bits per heavy atom. The van der Waals surface area contributed by atoms with Crippen LogP contribution in [0.25, 0.3) is 0 Å². The molecule has 0 aromatic carbocycles. The van der Waals surface area contributed by atoms with Crippen molar-refractivity contribution in [3.63, 3.8) is 0 Å². The summed E-state index contributed by atoms with van der Waals surface area (Å²) in [6.45, 7) is 10.5. The van der Waals surface area contributed by atoms with Gasteiger partial charge in [0.1, 0.15) is 0 Å². The molecule has 0 amide bonds. The fraction of sp³-hybridized carbons (Fsp3) is 0.909. The molecule has 0 saturated carbocycles. The highest BCUT2D eigenvalue weighted by Crippen LogP contribution is 2.18. The van der Waals surface area contributed by atoms with Crippen LogP contribution < -0.4 is 0 Å². The van der Waals surface area contributed by atoms with Crippen molar-refractivity contribution >= 4 is 5.71 Å². The summed E-state index contributed by atoms with van der Waals surface area (Å²) in [6, 6.07) is 0.399. The van der Waals surface area contributed by atoms with Crippen molar-refractivity contribution < 1.29 is 4.74 Å². The summed E-state index contributed by atoms with van der Waals surface area (Å²) < 4.78 is 5.43. The molecular formula is C11H21NO. The summed E-state index contributed by atoms with van der Waals surface area (Å²) in [7, 11) is 0. The summed E-state index contributed by atoms with van der Waals surface area (Å²) >= 11 is 0. The maximum absolute atomic E-state index is 5.43. The lowest BCUT2D eigenvalue weighted by molar-refractivity contribution is 0.0552. The number of hydrogen-bond acceptors (Lipinski definition) is 2. The molecular weight excluding hydrogens is 162 g/mol. The summed E-state index contributed by atoms with van der Waals surface area (Å²) in [5.41, 5.74) is 1.25. The molecule has 0 N–H and O–H groups in total. The van der Waals surface area contributed by atoms with Crippen molar-refractivity contribution in [1.29, 1.82) is 0 Å². The van der Waals surface area contributed by atoms with Crippen molar-refractivity contribution in [2.45, 2.75) is 40.2 Å². The highest BCUT2D eigenvalue weighted by atomic mass is 16.5. The fourth-order valence-electron chi connectivity index (χ4n) is 1.41. The Hall–Kier alpha value is -0.370. The predicted molar refractivity (Wildman–Crippen MR) is 56.3 cm³/mol. The van der Waals surface area contributed by atoms with Gasteiger partial charge in [-0.15, -0.1) is 0 Å². The molecule has 0 aromatic heterocycles. The summed E-state index contributed by atoms with van der Waals surface area (Å²) in [6.07, 6.45) is 1.15. The van der Waals surface area contributed by atoms with E-state index < -0.39 is 0 Å². The topological polar surface area (TPSA) is 21.6 Å². The lowest BCUT2D eigenvalue weighted by Gasteiger charge is -2.26. The summed E-state index contributed by atoms with van der Waals surface area (Å²) in [4.78, 5) is 4.71. The molecule has 0 aromatic rings. The minimum absolute atomic E-state index is 0.399. The van der Waals surface area contributed by atoms with Gasteiger partial charge in [-0.3, -0.25) is 4.99 Å². The largest absolute Gasteiger partial charge is 0.379 e. The van der Waals surface area contributed by atoms with Crippen LogP contribution in [0.3, 0.4) is 0 Å². The first kappa shape index (κ1) is 10.7. The van der Waals surface area contributed by atoms with Gasteiger partial charge in [0.25, 0.3) is 0 Å². The monoisotopic (exact) mass is 183 g/mol. The Morgan fingerprint density at radius 1 is 1.46 bits per heavy atom. The van der Waals surface area contributed by atoms with Crippen molar-refractivity contribution in [2.75, 3.05) is 13.2 Å². The third kappa shape index (κ3) is 3.11. The van der Waals surface area contributed by atoms with E-state index in [2.05, 4.69) is 27.7 Å². The van der Waals surface area contributed by atoms with Gasteiger partial charge in [0.15, 0.2) is 0 Å². The van der Waals surface area contributed by atoms with E-state index in [1.165, 1.54) is 5.71 Å². The molecule has 0 spiro atoms. The second kappa shape index (κ2) is 4.75. The van der Waals surface area contributed by atoms with Gasteiger partial charge >= 0.3 is 0 Å². The van der Waals surface area contributed by atoms with E-state index >= 15 is 0 Å². The number of hydrogen-bond donors (Lipinski definition) is 0. The molecule has 1 rings (SSSR count). The number of aliphatic imine (C=N–C) groups is 1. The Bertz CT molecular complexity index is 187. The molecule has 2 unspecified atom stereocenters. The Morgan fingerprint density at radius 2 is 2.15 bits per heavy atom. The van der Waals surface area contributed by atoms with Crippen molar-refractivity contribution in [3.05, 3.63) is 0 Å². The van der Waals surface area contributed by atoms with Gasteiger partial charge in [-0.1, -0.05) is 20.8 Å². The van der Waals surface area contributed by atoms with Crippen LogP contribution in [0.1, 0.15) is 34.1 Å². The molecule has 13 heavy (non-hydrogen) atoms. The number of ether oxygens (including phenoxy) is 1. The summed E-state index contributed by atoms with van der Waals surface area (Å²) in [5, 5.41) is 0. The van der Waals surface area contributed by atoms with Crippen LogP contribution in [0.4, 0.5) is 0 Å². The van der Waals surface area contributed by atoms with Crippen LogP contribution >= 0.6 is 0 Å². The molecule has 1 heterocycles.